The third-order valence-corrected chi connectivity index (χ3v) is 4.51. The van der Waals surface area contributed by atoms with Gasteiger partial charge in [-0.25, -0.2) is 0 Å². The molecule has 0 bridgehead atoms. The lowest BCUT2D eigenvalue weighted by molar-refractivity contribution is -0.122. The number of anilines is 2. The molecule has 0 atom stereocenters. The molecule has 1 aromatic rings. The smallest absolute Gasteiger partial charge is 0.253 e. The summed E-state index contributed by atoms with van der Waals surface area (Å²) >= 11 is 5.84. The van der Waals surface area contributed by atoms with Crippen molar-refractivity contribution in [3.05, 3.63) is 23.8 Å². The number of carbonyl (C=O) groups is 2. The number of alkyl halides is 1. The van der Waals surface area contributed by atoms with Gasteiger partial charge in [-0.05, 0) is 44.9 Å². The predicted octanol–water partition coefficient (Wildman–Crippen LogP) is 2.85. The van der Waals surface area contributed by atoms with E-state index >= 15 is 0 Å². The van der Waals surface area contributed by atoms with Gasteiger partial charge < -0.3 is 15.5 Å². The zero-order valence-electron chi connectivity index (χ0n) is 14.1. The molecule has 126 valence electrons. The molecular weight excluding hydrogens is 314 g/mol. The number of rotatable bonds is 6. The normalized spacial score (nSPS) is 14.3. The summed E-state index contributed by atoms with van der Waals surface area (Å²) in [5, 5.41) is 5.83. The molecule has 23 heavy (non-hydrogen) atoms. The highest BCUT2D eigenvalue weighted by molar-refractivity contribution is 6.20. The Bertz CT molecular complexity index is 610. The summed E-state index contributed by atoms with van der Waals surface area (Å²) in [7, 11) is 3.77. The molecule has 2 N–H and O–H groups in total. The molecule has 0 aliphatic heterocycles. The van der Waals surface area contributed by atoms with E-state index in [1.54, 1.807) is 26.0 Å². The van der Waals surface area contributed by atoms with E-state index in [0.717, 1.165) is 18.5 Å². The molecular formula is C17H24ClN3O2. The van der Waals surface area contributed by atoms with Crippen LogP contribution in [0.3, 0.4) is 0 Å². The second-order valence-electron chi connectivity index (χ2n) is 6.85. The first kappa shape index (κ1) is 17.6. The first-order valence-electron chi connectivity index (χ1n) is 7.74. The van der Waals surface area contributed by atoms with Gasteiger partial charge in [0, 0.05) is 37.4 Å². The van der Waals surface area contributed by atoms with Crippen molar-refractivity contribution in [2.45, 2.75) is 32.7 Å². The highest BCUT2D eigenvalue weighted by atomic mass is 35.5. The first-order valence-corrected chi connectivity index (χ1v) is 8.27. The van der Waals surface area contributed by atoms with Crippen LogP contribution in [0.1, 0.15) is 37.0 Å². The van der Waals surface area contributed by atoms with Gasteiger partial charge in [0.2, 0.25) is 5.91 Å². The third kappa shape index (κ3) is 4.38. The maximum atomic E-state index is 12.4. The average molecular weight is 338 g/mol. The fourth-order valence-electron chi connectivity index (χ4n) is 2.04. The summed E-state index contributed by atoms with van der Waals surface area (Å²) in [6, 6.07) is 5.64. The SMILES string of the molecule is CN(C)c1ccc(NC(=O)C(C)(C)CCl)cc1C(=O)NC1CC1. The maximum Gasteiger partial charge on any atom is 0.253 e. The molecule has 6 heteroatoms. The molecule has 2 amide bonds. The lowest BCUT2D eigenvalue weighted by atomic mass is 9.95. The number of halogens is 1. The molecule has 0 saturated heterocycles. The zero-order chi connectivity index (χ0) is 17.2. The highest BCUT2D eigenvalue weighted by Crippen LogP contribution is 2.27. The van der Waals surface area contributed by atoms with E-state index in [0.29, 0.717) is 11.3 Å². The van der Waals surface area contributed by atoms with Crippen molar-refractivity contribution in [1.82, 2.24) is 5.32 Å². The van der Waals surface area contributed by atoms with Crippen LogP contribution in [0.5, 0.6) is 0 Å². The summed E-state index contributed by atoms with van der Waals surface area (Å²) in [6.45, 7) is 3.56. The van der Waals surface area contributed by atoms with Crippen LogP contribution < -0.4 is 15.5 Å². The van der Waals surface area contributed by atoms with Crippen molar-refractivity contribution in [2.75, 3.05) is 30.2 Å². The van der Waals surface area contributed by atoms with Gasteiger partial charge in [0.25, 0.3) is 5.91 Å². The van der Waals surface area contributed by atoms with E-state index in [2.05, 4.69) is 10.6 Å². The number of carbonyl (C=O) groups excluding carboxylic acids is 2. The molecule has 1 aliphatic rings. The molecule has 0 spiro atoms. The van der Waals surface area contributed by atoms with Crippen molar-refractivity contribution in [3.8, 4) is 0 Å². The fourth-order valence-corrected chi connectivity index (χ4v) is 2.16. The van der Waals surface area contributed by atoms with E-state index < -0.39 is 5.41 Å². The Kier molecular flexibility index (Phi) is 5.19. The van der Waals surface area contributed by atoms with Gasteiger partial charge in [0.1, 0.15) is 0 Å². The Balaban J connectivity index is 2.24. The minimum absolute atomic E-state index is 0.107. The second kappa shape index (κ2) is 6.79. The van der Waals surface area contributed by atoms with Crippen molar-refractivity contribution in [2.24, 2.45) is 5.41 Å². The molecule has 0 unspecified atom stereocenters. The minimum Gasteiger partial charge on any atom is -0.377 e. The number of hydrogen-bond acceptors (Lipinski definition) is 3. The summed E-state index contributed by atoms with van der Waals surface area (Å²) in [5.74, 6) is -0.0496. The van der Waals surface area contributed by atoms with Gasteiger partial charge in [-0.15, -0.1) is 11.6 Å². The van der Waals surface area contributed by atoms with Crippen LogP contribution in [-0.4, -0.2) is 37.8 Å². The molecule has 1 saturated carbocycles. The Morgan fingerprint density at radius 3 is 2.48 bits per heavy atom. The number of amides is 2. The van der Waals surface area contributed by atoms with Crippen LogP contribution in [0.4, 0.5) is 11.4 Å². The van der Waals surface area contributed by atoms with Crippen molar-refractivity contribution in [1.29, 1.82) is 0 Å². The van der Waals surface area contributed by atoms with Crippen LogP contribution in [0, 0.1) is 5.41 Å². The topological polar surface area (TPSA) is 61.4 Å². The Hall–Kier alpha value is -1.75. The van der Waals surface area contributed by atoms with Crippen molar-refractivity contribution < 1.29 is 9.59 Å². The molecule has 1 fully saturated rings. The highest BCUT2D eigenvalue weighted by Gasteiger charge is 2.28. The molecule has 0 heterocycles. The average Bonchev–Trinajstić information content (AvgIpc) is 3.30. The van der Waals surface area contributed by atoms with Gasteiger partial charge in [-0.1, -0.05) is 0 Å². The summed E-state index contributed by atoms with van der Waals surface area (Å²) in [4.78, 5) is 26.6. The van der Waals surface area contributed by atoms with Crippen LogP contribution in [-0.2, 0) is 4.79 Å². The minimum atomic E-state index is -0.668. The molecule has 5 nitrogen and oxygen atoms in total. The number of nitrogens with zero attached hydrogens (tertiary/aromatic N) is 1. The predicted molar refractivity (Wildman–Crippen MR) is 94.4 cm³/mol. The molecule has 2 rings (SSSR count). The third-order valence-electron chi connectivity index (χ3n) is 3.84. The molecule has 0 aromatic heterocycles. The lowest BCUT2D eigenvalue weighted by Crippen LogP contribution is -2.32. The standard InChI is InChI=1S/C17H24ClN3O2/c1-17(2,10-18)16(23)20-12-7-8-14(21(3)4)13(9-12)15(22)19-11-5-6-11/h7-9,11H,5-6,10H2,1-4H3,(H,19,22)(H,20,23). The Morgan fingerprint density at radius 2 is 1.96 bits per heavy atom. The summed E-state index contributed by atoms with van der Waals surface area (Å²) in [5.41, 5.74) is 1.30. The largest absolute Gasteiger partial charge is 0.377 e. The van der Waals surface area contributed by atoms with Crippen molar-refractivity contribution in [3.63, 3.8) is 0 Å². The van der Waals surface area contributed by atoms with Crippen LogP contribution in [0.2, 0.25) is 0 Å². The molecule has 0 radical (unpaired) electrons. The number of benzene rings is 1. The lowest BCUT2D eigenvalue weighted by Gasteiger charge is -2.22. The van der Waals surface area contributed by atoms with E-state index in [4.69, 9.17) is 11.6 Å². The number of hydrogen-bond donors (Lipinski definition) is 2. The van der Waals surface area contributed by atoms with E-state index in [1.165, 1.54) is 0 Å². The Labute approximate surface area is 142 Å². The van der Waals surface area contributed by atoms with E-state index in [1.807, 2.05) is 25.1 Å². The van der Waals surface area contributed by atoms with Crippen LogP contribution >= 0.6 is 11.6 Å². The maximum absolute atomic E-state index is 12.4. The monoisotopic (exact) mass is 337 g/mol. The van der Waals surface area contributed by atoms with Crippen molar-refractivity contribution >= 4 is 34.8 Å². The fraction of sp³-hybridized carbons (Fsp3) is 0.529. The molecule has 1 aromatic carbocycles. The van der Waals surface area contributed by atoms with Gasteiger partial charge in [0.15, 0.2) is 0 Å². The van der Waals surface area contributed by atoms with E-state index in [9.17, 15) is 9.59 Å². The summed E-state index contributed by atoms with van der Waals surface area (Å²) < 4.78 is 0. The van der Waals surface area contributed by atoms with Crippen LogP contribution in [0.25, 0.3) is 0 Å². The van der Waals surface area contributed by atoms with Gasteiger partial charge in [0.05, 0.1) is 11.0 Å². The van der Waals surface area contributed by atoms with Gasteiger partial charge in [-0.3, -0.25) is 9.59 Å². The number of nitrogens with one attached hydrogen (secondary N) is 2. The first-order chi connectivity index (χ1) is 10.7. The van der Waals surface area contributed by atoms with Crippen LogP contribution in [0.15, 0.2) is 18.2 Å². The zero-order valence-corrected chi connectivity index (χ0v) is 14.8. The van der Waals surface area contributed by atoms with E-state index in [-0.39, 0.29) is 23.7 Å². The Morgan fingerprint density at radius 1 is 1.30 bits per heavy atom. The van der Waals surface area contributed by atoms with Gasteiger partial charge >= 0.3 is 0 Å². The second-order valence-corrected chi connectivity index (χ2v) is 7.11. The van der Waals surface area contributed by atoms with Gasteiger partial charge in [-0.2, -0.15) is 0 Å². The summed E-state index contributed by atoms with van der Waals surface area (Å²) in [6.07, 6.45) is 2.06. The quantitative estimate of drug-likeness (QED) is 0.785. The molecule has 1 aliphatic carbocycles.